The van der Waals surface area contributed by atoms with E-state index in [1.807, 2.05) is 6.92 Å². The molecule has 0 aliphatic heterocycles. The van der Waals surface area contributed by atoms with E-state index in [-0.39, 0.29) is 5.69 Å². The molecule has 0 saturated heterocycles. The lowest BCUT2D eigenvalue weighted by molar-refractivity contribution is -0.384. The van der Waals surface area contributed by atoms with Crippen molar-refractivity contribution < 1.29 is 19.2 Å². The smallest absolute Gasteiger partial charge is 0.281 e. The first-order valence-corrected chi connectivity index (χ1v) is 10.7. The summed E-state index contributed by atoms with van der Waals surface area (Å²) in [6.45, 7) is 6.29. The van der Waals surface area contributed by atoms with E-state index >= 15 is 0 Å². The van der Waals surface area contributed by atoms with Gasteiger partial charge in [-0.05, 0) is 52.7 Å². The van der Waals surface area contributed by atoms with E-state index in [4.69, 9.17) is 9.47 Å². The Morgan fingerprint density at radius 3 is 2.84 bits per heavy atom. The van der Waals surface area contributed by atoms with Crippen LogP contribution in [0.15, 0.2) is 58.6 Å². The number of amides is 1. The number of ether oxygens (including phenoxy) is 2. The zero-order valence-electron chi connectivity index (χ0n) is 16.5. The van der Waals surface area contributed by atoms with Crippen LogP contribution in [0.2, 0.25) is 0 Å². The number of fused-ring (bicyclic) bond motifs is 1. The van der Waals surface area contributed by atoms with Gasteiger partial charge in [0.15, 0.2) is 11.5 Å². The number of nitro benzene ring substituents is 1. The summed E-state index contributed by atoms with van der Waals surface area (Å²) in [4.78, 5) is 23.3. The van der Waals surface area contributed by atoms with E-state index in [2.05, 4.69) is 33.0 Å². The van der Waals surface area contributed by atoms with E-state index in [0.717, 1.165) is 4.70 Å². The van der Waals surface area contributed by atoms with Crippen molar-refractivity contribution in [2.75, 3.05) is 13.2 Å². The Hall–Kier alpha value is -3.24. The number of thiophene rings is 1. The standard InChI is InChI=1S/C21H18BrN3O5S/c1-3-7-30-20-16(22)8-13(9-17(20)29-4-2)12-23-24-21(26)19-11-14-10-15(25(27)28)5-6-18(14)31-19/h3,5-6,8-12H,1,4,7H2,2H3,(H,24,26)/b23-12-. The molecule has 1 aromatic heterocycles. The van der Waals surface area contributed by atoms with Gasteiger partial charge in [-0.15, -0.1) is 11.3 Å². The van der Waals surface area contributed by atoms with Crippen molar-refractivity contribution in [1.82, 2.24) is 5.43 Å². The Balaban J connectivity index is 1.75. The lowest BCUT2D eigenvalue weighted by Gasteiger charge is -2.13. The van der Waals surface area contributed by atoms with E-state index in [1.54, 1.807) is 30.3 Å². The topological polar surface area (TPSA) is 103 Å². The predicted molar refractivity (Wildman–Crippen MR) is 125 cm³/mol. The van der Waals surface area contributed by atoms with Gasteiger partial charge in [0.1, 0.15) is 6.61 Å². The highest BCUT2D eigenvalue weighted by Crippen LogP contribution is 2.36. The van der Waals surface area contributed by atoms with Crippen molar-refractivity contribution >= 4 is 55.2 Å². The number of rotatable bonds is 9. The van der Waals surface area contributed by atoms with E-state index in [9.17, 15) is 14.9 Å². The number of nitro groups is 1. The van der Waals surface area contributed by atoms with Gasteiger partial charge in [0.25, 0.3) is 11.6 Å². The number of hydrazone groups is 1. The number of nitrogens with zero attached hydrogens (tertiary/aromatic N) is 2. The number of benzene rings is 2. The molecule has 0 bridgehead atoms. The maximum absolute atomic E-state index is 12.4. The maximum Gasteiger partial charge on any atom is 0.281 e. The largest absolute Gasteiger partial charge is 0.490 e. The molecule has 8 nitrogen and oxygen atoms in total. The van der Waals surface area contributed by atoms with Crippen molar-refractivity contribution in [2.45, 2.75) is 6.92 Å². The lowest BCUT2D eigenvalue weighted by Crippen LogP contribution is -2.16. The van der Waals surface area contributed by atoms with E-state index in [1.165, 1.54) is 29.7 Å². The van der Waals surface area contributed by atoms with E-state index in [0.29, 0.717) is 45.0 Å². The monoisotopic (exact) mass is 503 g/mol. The zero-order valence-corrected chi connectivity index (χ0v) is 18.9. The molecule has 1 N–H and O–H groups in total. The molecule has 0 radical (unpaired) electrons. The van der Waals surface area contributed by atoms with Gasteiger partial charge >= 0.3 is 0 Å². The Morgan fingerprint density at radius 2 is 2.13 bits per heavy atom. The number of hydrogen-bond acceptors (Lipinski definition) is 7. The van der Waals surface area contributed by atoms with Crippen molar-refractivity contribution in [2.24, 2.45) is 5.10 Å². The molecule has 0 aliphatic carbocycles. The summed E-state index contributed by atoms with van der Waals surface area (Å²) in [5.41, 5.74) is 3.14. The summed E-state index contributed by atoms with van der Waals surface area (Å²) < 4.78 is 12.7. The summed E-state index contributed by atoms with van der Waals surface area (Å²) >= 11 is 4.69. The fourth-order valence-corrected chi connectivity index (χ4v) is 4.19. The fraction of sp³-hybridized carbons (Fsp3) is 0.143. The molecule has 2 aromatic carbocycles. The molecule has 1 heterocycles. The van der Waals surface area contributed by atoms with Gasteiger partial charge < -0.3 is 9.47 Å². The first-order valence-electron chi connectivity index (χ1n) is 9.14. The summed E-state index contributed by atoms with van der Waals surface area (Å²) in [5.74, 6) is 0.690. The van der Waals surface area contributed by atoms with Crippen LogP contribution in [0.5, 0.6) is 11.5 Å². The fourth-order valence-electron chi connectivity index (χ4n) is 2.68. The number of halogens is 1. The maximum atomic E-state index is 12.4. The van der Waals surface area contributed by atoms with Crippen molar-refractivity contribution in [3.63, 3.8) is 0 Å². The number of hydrogen-bond donors (Lipinski definition) is 1. The number of non-ortho nitro benzene ring substituents is 1. The highest BCUT2D eigenvalue weighted by Gasteiger charge is 2.14. The molecular weight excluding hydrogens is 486 g/mol. The van der Waals surface area contributed by atoms with Gasteiger partial charge in [-0.1, -0.05) is 12.7 Å². The van der Waals surface area contributed by atoms with Crippen LogP contribution in [0.4, 0.5) is 5.69 Å². The van der Waals surface area contributed by atoms with Crippen LogP contribution in [0.25, 0.3) is 10.1 Å². The van der Waals surface area contributed by atoms with Crippen molar-refractivity contribution in [1.29, 1.82) is 0 Å². The molecule has 31 heavy (non-hydrogen) atoms. The molecule has 0 fully saturated rings. The van der Waals surface area contributed by atoms with Gasteiger partial charge in [-0.2, -0.15) is 5.10 Å². The second-order valence-electron chi connectivity index (χ2n) is 6.15. The molecule has 10 heteroatoms. The summed E-state index contributed by atoms with van der Waals surface area (Å²) in [7, 11) is 0. The second-order valence-corrected chi connectivity index (χ2v) is 8.09. The van der Waals surface area contributed by atoms with Crippen molar-refractivity contribution in [3.05, 3.63) is 74.1 Å². The zero-order chi connectivity index (χ0) is 22.4. The number of nitrogens with one attached hydrogen (secondary N) is 1. The average molecular weight is 504 g/mol. The predicted octanol–water partition coefficient (Wildman–Crippen LogP) is 5.30. The minimum atomic E-state index is -0.469. The third-order valence-electron chi connectivity index (χ3n) is 3.99. The quantitative estimate of drug-likeness (QED) is 0.184. The molecule has 0 aliphatic rings. The second kappa shape index (κ2) is 10.2. The van der Waals surface area contributed by atoms with Gasteiger partial charge in [0, 0.05) is 22.2 Å². The van der Waals surface area contributed by atoms with E-state index < -0.39 is 10.8 Å². The van der Waals surface area contributed by atoms with Crippen LogP contribution in [-0.2, 0) is 0 Å². The van der Waals surface area contributed by atoms with Crippen molar-refractivity contribution in [3.8, 4) is 11.5 Å². The Labute approximate surface area is 190 Å². The van der Waals surface area contributed by atoms with Crippen LogP contribution in [0.1, 0.15) is 22.2 Å². The average Bonchev–Trinajstić information content (AvgIpc) is 3.17. The third kappa shape index (κ3) is 5.47. The summed E-state index contributed by atoms with van der Waals surface area (Å²) in [5, 5.41) is 15.6. The molecule has 0 spiro atoms. The van der Waals surface area contributed by atoms with Gasteiger partial charge in [0.2, 0.25) is 0 Å². The molecule has 1 amide bonds. The molecular formula is C21H18BrN3O5S. The molecule has 3 aromatic rings. The minimum absolute atomic E-state index is 0.0218. The number of carbonyl (C=O) groups excluding carboxylic acids is 1. The molecule has 3 rings (SSSR count). The Kier molecular flexibility index (Phi) is 7.37. The Bertz CT molecular complexity index is 1180. The first kappa shape index (κ1) is 22.4. The van der Waals surface area contributed by atoms with Gasteiger partial charge in [-0.25, -0.2) is 5.43 Å². The number of carbonyl (C=O) groups is 1. The Morgan fingerprint density at radius 1 is 1.32 bits per heavy atom. The van der Waals surface area contributed by atoms with Crippen LogP contribution >= 0.6 is 27.3 Å². The normalized spacial score (nSPS) is 10.9. The van der Waals surface area contributed by atoms with Gasteiger partial charge in [-0.3, -0.25) is 14.9 Å². The minimum Gasteiger partial charge on any atom is -0.490 e. The lowest BCUT2D eigenvalue weighted by atomic mass is 10.2. The molecule has 0 atom stereocenters. The summed E-state index contributed by atoms with van der Waals surface area (Å²) in [6.07, 6.45) is 3.12. The summed E-state index contributed by atoms with van der Waals surface area (Å²) in [6, 6.07) is 9.62. The molecule has 160 valence electrons. The van der Waals surface area contributed by atoms with Crippen LogP contribution in [0, 0.1) is 10.1 Å². The molecule has 0 saturated carbocycles. The first-order chi connectivity index (χ1) is 14.9. The third-order valence-corrected chi connectivity index (χ3v) is 5.70. The highest BCUT2D eigenvalue weighted by atomic mass is 79.9. The van der Waals surface area contributed by atoms with Crippen LogP contribution < -0.4 is 14.9 Å². The van der Waals surface area contributed by atoms with Crippen LogP contribution in [-0.4, -0.2) is 30.3 Å². The SMILES string of the molecule is C=CCOc1c(Br)cc(/C=N\NC(=O)c2cc3cc([N+](=O)[O-])ccc3s2)cc1OCC. The highest BCUT2D eigenvalue weighted by molar-refractivity contribution is 9.10. The molecule has 0 unspecified atom stereocenters. The van der Waals surface area contributed by atoms with Gasteiger partial charge in [0.05, 0.1) is 27.1 Å². The van der Waals surface area contributed by atoms with Crippen LogP contribution in [0.3, 0.4) is 0 Å².